The van der Waals surface area contributed by atoms with Crippen LogP contribution < -0.4 is 15.5 Å². The van der Waals surface area contributed by atoms with Crippen LogP contribution >= 0.6 is 24.0 Å². The number of rotatable bonds is 7. The molecular formula is C20H31FIN7. The average molecular weight is 515 g/mol. The van der Waals surface area contributed by atoms with Crippen LogP contribution in [0.5, 0.6) is 0 Å². The first-order valence-electron chi connectivity index (χ1n) is 9.96. The molecule has 1 aromatic heterocycles. The van der Waals surface area contributed by atoms with Crippen molar-refractivity contribution in [3.05, 3.63) is 42.2 Å². The first kappa shape index (κ1) is 23.4. The summed E-state index contributed by atoms with van der Waals surface area (Å²) in [6.45, 7) is 5.42. The summed E-state index contributed by atoms with van der Waals surface area (Å²) < 4.78 is 16.2. The lowest BCUT2D eigenvalue weighted by Crippen LogP contribution is -2.51. The van der Waals surface area contributed by atoms with Gasteiger partial charge in [0, 0.05) is 39.3 Å². The number of benzene rings is 1. The summed E-state index contributed by atoms with van der Waals surface area (Å²) in [4.78, 5) is 6.47. The van der Waals surface area contributed by atoms with Crippen LogP contribution in [0, 0.1) is 12.7 Å². The molecule has 1 aliphatic rings. The van der Waals surface area contributed by atoms with E-state index in [4.69, 9.17) is 0 Å². The maximum atomic E-state index is 14.2. The highest BCUT2D eigenvalue weighted by Crippen LogP contribution is 2.24. The van der Waals surface area contributed by atoms with Gasteiger partial charge >= 0.3 is 0 Å². The minimum Gasteiger partial charge on any atom is -0.367 e. The second-order valence-corrected chi connectivity index (χ2v) is 7.29. The Hall–Kier alpha value is -1.91. The number of halogens is 2. The molecule has 3 rings (SSSR count). The highest BCUT2D eigenvalue weighted by molar-refractivity contribution is 14.0. The third kappa shape index (κ3) is 7.13. The van der Waals surface area contributed by atoms with Crippen molar-refractivity contribution in [1.82, 2.24) is 25.4 Å². The van der Waals surface area contributed by atoms with Crippen LogP contribution in [-0.2, 0) is 6.54 Å². The molecular weight excluding hydrogens is 484 g/mol. The summed E-state index contributed by atoms with van der Waals surface area (Å²) in [6.07, 6.45) is 7.63. The molecule has 1 fully saturated rings. The number of aliphatic imine (C=N–C) groups is 1. The van der Waals surface area contributed by atoms with Crippen LogP contribution in [0.3, 0.4) is 0 Å². The van der Waals surface area contributed by atoms with Crippen LogP contribution in [0.2, 0.25) is 0 Å². The topological polar surface area (TPSA) is 70.4 Å². The van der Waals surface area contributed by atoms with Gasteiger partial charge in [-0.25, -0.2) is 4.39 Å². The molecule has 0 saturated carbocycles. The van der Waals surface area contributed by atoms with Gasteiger partial charge in [-0.05, 0) is 50.3 Å². The predicted molar refractivity (Wildman–Crippen MR) is 126 cm³/mol. The number of guanidine groups is 1. The van der Waals surface area contributed by atoms with Gasteiger partial charge in [0.15, 0.2) is 5.96 Å². The number of anilines is 1. The molecule has 0 amide bonds. The van der Waals surface area contributed by atoms with Crippen LogP contribution in [0.15, 0.2) is 35.8 Å². The second kappa shape index (κ2) is 11.9. The maximum absolute atomic E-state index is 14.2. The minimum absolute atomic E-state index is 0. The Labute approximate surface area is 189 Å². The van der Waals surface area contributed by atoms with Crippen molar-refractivity contribution in [2.75, 3.05) is 31.6 Å². The molecule has 2 heterocycles. The number of aromatic nitrogens is 3. The zero-order valence-corrected chi connectivity index (χ0v) is 19.5. The van der Waals surface area contributed by atoms with Crippen LogP contribution in [0.1, 0.15) is 31.2 Å². The van der Waals surface area contributed by atoms with Crippen molar-refractivity contribution in [1.29, 1.82) is 0 Å². The normalized spacial score (nSPS) is 17.0. The van der Waals surface area contributed by atoms with Gasteiger partial charge < -0.3 is 20.1 Å². The molecule has 2 aromatic rings. The summed E-state index contributed by atoms with van der Waals surface area (Å²) in [7, 11) is 1.79. The molecule has 1 unspecified atom stereocenters. The lowest BCUT2D eigenvalue weighted by atomic mass is 10.0. The zero-order chi connectivity index (χ0) is 19.8. The SMILES string of the molecule is CN=C(NCCCCn1cnnc1)NC1CCCN(c2cc(C)ccc2F)C1.I. The Morgan fingerprint density at radius 2 is 2.07 bits per heavy atom. The highest BCUT2D eigenvalue weighted by atomic mass is 127. The van der Waals surface area contributed by atoms with Crippen LogP contribution in [0.4, 0.5) is 10.1 Å². The summed E-state index contributed by atoms with van der Waals surface area (Å²) in [5.74, 6) is 0.655. The van der Waals surface area contributed by atoms with E-state index in [2.05, 4.69) is 30.7 Å². The monoisotopic (exact) mass is 515 g/mol. The molecule has 160 valence electrons. The van der Waals surface area contributed by atoms with Gasteiger partial charge in [0.05, 0.1) is 5.69 Å². The third-order valence-corrected chi connectivity index (χ3v) is 5.03. The first-order chi connectivity index (χ1) is 13.7. The third-order valence-electron chi connectivity index (χ3n) is 5.03. The molecule has 0 radical (unpaired) electrons. The second-order valence-electron chi connectivity index (χ2n) is 7.29. The van der Waals surface area contributed by atoms with E-state index in [1.54, 1.807) is 25.8 Å². The van der Waals surface area contributed by atoms with Gasteiger partial charge in [-0.3, -0.25) is 4.99 Å². The zero-order valence-electron chi connectivity index (χ0n) is 17.1. The van der Waals surface area contributed by atoms with Crippen molar-refractivity contribution in [3.8, 4) is 0 Å². The molecule has 1 aliphatic heterocycles. The molecule has 2 N–H and O–H groups in total. The van der Waals surface area contributed by atoms with E-state index < -0.39 is 0 Å². The molecule has 0 spiro atoms. The Kier molecular flexibility index (Phi) is 9.62. The number of nitrogens with one attached hydrogen (secondary N) is 2. The minimum atomic E-state index is -0.151. The Bertz CT molecular complexity index is 766. The molecule has 0 bridgehead atoms. The molecule has 29 heavy (non-hydrogen) atoms. The molecule has 0 aliphatic carbocycles. The van der Waals surface area contributed by atoms with E-state index in [-0.39, 0.29) is 35.8 Å². The highest BCUT2D eigenvalue weighted by Gasteiger charge is 2.22. The number of piperidine rings is 1. The molecule has 1 saturated heterocycles. The fraction of sp³-hybridized carbons (Fsp3) is 0.550. The van der Waals surface area contributed by atoms with Crippen molar-refractivity contribution in [2.45, 2.75) is 45.2 Å². The molecule has 9 heteroatoms. The van der Waals surface area contributed by atoms with Gasteiger partial charge in [-0.2, -0.15) is 0 Å². The number of nitrogens with zero attached hydrogens (tertiary/aromatic N) is 5. The van der Waals surface area contributed by atoms with Gasteiger partial charge in [-0.15, -0.1) is 34.2 Å². The summed E-state index contributed by atoms with van der Waals surface area (Å²) in [6, 6.07) is 5.55. The van der Waals surface area contributed by atoms with E-state index in [1.165, 1.54) is 0 Å². The maximum Gasteiger partial charge on any atom is 0.191 e. The molecule has 1 aromatic carbocycles. The van der Waals surface area contributed by atoms with Gasteiger partial charge in [-0.1, -0.05) is 6.07 Å². The van der Waals surface area contributed by atoms with Crippen molar-refractivity contribution < 1.29 is 4.39 Å². The Balaban J connectivity index is 0.00000300. The fourth-order valence-electron chi connectivity index (χ4n) is 3.53. The van der Waals surface area contributed by atoms with Crippen molar-refractivity contribution >= 4 is 35.6 Å². The number of unbranched alkanes of at least 4 members (excludes halogenated alkanes) is 1. The quantitative estimate of drug-likeness (QED) is 0.257. The first-order valence-corrected chi connectivity index (χ1v) is 9.96. The van der Waals surface area contributed by atoms with E-state index in [0.29, 0.717) is 5.69 Å². The lowest BCUT2D eigenvalue weighted by molar-refractivity contribution is 0.462. The predicted octanol–water partition coefficient (Wildman–Crippen LogP) is 2.96. The smallest absolute Gasteiger partial charge is 0.191 e. The van der Waals surface area contributed by atoms with Crippen LogP contribution in [-0.4, -0.2) is 53.4 Å². The average Bonchev–Trinajstić information content (AvgIpc) is 3.22. The fourth-order valence-corrected chi connectivity index (χ4v) is 3.53. The Morgan fingerprint density at radius 1 is 1.28 bits per heavy atom. The summed E-state index contributed by atoms with van der Waals surface area (Å²) >= 11 is 0. The van der Waals surface area contributed by atoms with Crippen molar-refractivity contribution in [3.63, 3.8) is 0 Å². The van der Waals surface area contributed by atoms with Gasteiger partial charge in [0.1, 0.15) is 18.5 Å². The van der Waals surface area contributed by atoms with E-state index >= 15 is 0 Å². The van der Waals surface area contributed by atoms with Gasteiger partial charge in [0.25, 0.3) is 0 Å². The number of aryl methyl sites for hydroxylation is 2. The van der Waals surface area contributed by atoms with E-state index in [9.17, 15) is 4.39 Å². The number of hydrogen-bond acceptors (Lipinski definition) is 4. The summed E-state index contributed by atoms with van der Waals surface area (Å²) in [5.41, 5.74) is 1.78. The van der Waals surface area contributed by atoms with E-state index in [0.717, 1.165) is 63.4 Å². The van der Waals surface area contributed by atoms with E-state index in [1.807, 2.05) is 23.6 Å². The summed E-state index contributed by atoms with van der Waals surface area (Å²) in [5, 5.41) is 14.5. The van der Waals surface area contributed by atoms with Crippen molar-refractivity contribution in [2.24, 2.45) is 4.99 Å². The lowest BCUT2D eigenvalue weighted by Gasteiger charge is -2.35. The Morgan fingerprint density at radius 3 is 2.83 bits per heavy atom. The molecule has 7 nitrogen and oxygen atoms in total. The van der Waals surface area contributed by atoms with Crippen LogP contribution in [0.25, 0.3) is 0 Å². The number of hydrogen-bond donors (Lipinski definition) is 2. The standard InChI is InChI=1S/C20H30FN7.HI/c1-16-7-8-18(21)19(12-16)28-11-5-6-17(13-28)26-20(22-2)23-9-3-4-10-27-14-24-25-15-27;/h7-8,12,14-15,17H,3-6,9-11,13H2,1-2H3,(H2,22,23,26);1H. The largest absolute Gasteiger partial charge is 0.367 e. The molecule has 1 atom stereocenters. The van der Waals surface area contributed by atoms with Gasteiger partial charge in [0.2, 0.25) is 0 Å².